The molecule has 0 heterocycles. The summed E-state index contributed by atoms with van der Waals surface area (Å²) in [6, 6.07) is 15.2. The number of rotatable bonds is 16. The summed E-state index contributed by atoms with van der Waals surface area (Å²) in [6.45, 7) is 0. The van der Waals surface area contributed by atoms with Crippen molar-refractivity contribution in [2.45, 2.75) is 50.0 Å². The van der Waals surface area contributed by atoms with Crippen LogP contribution < -0.4 is 10.6 Å². The monoisotopic (exact) mass is 526 g/mol. The highest BCUT2D eigenvalue weighted by molar-refractivity contribution is 5.96. The molecular weight excluding hydrogens is 496 g/mol. The third-order valence-corrected chi connectivity index (χ3v) is 5.72. The molecule has 0 aliphatic heterocycles. The normalized spacial score (nSPS) is 14.7. The Balaban J connectivity index is 2.14. The number of hydrogen-bond donors (Lipinski definition) is 5. The Morgan fingerprint density at radius 3 is 1.79 bits per heavy atom. The van der Waals surface area contributed by atoms with E-state index in [0.29, 0.717) is 12.6 Å². The summed E-state index contributed by atoms with van der Waals surface area (Å²) in [7, 11) is 0. The summed E-state index contributed by atoms with van der Waals surface area (Å²) < 4.78 is 0. The predicted octanol–water partition coefficient (Wildman–Crippen LogP) is -0.389. The number of ketones is 1. The van der Waals surface area contributed by atoms with Crippen molar-refractivity contribution in [3.8, 4) is 0 Å². The van der Waals surface area contributed by atoms with Gasteiger partial charge in [-0.3, -0.25) is 14.4 Å². The first kappa shape index (κ1) is 30.0. The molecule has 0 bridgehead atoms. The zero-order valence-electron chi connectivity index (χ0n) is 20.4. The topological polar surface area (TPSA) is 187 Å². The molecule has 0 aliphatic carbocycles. The average molecular weight is 527 g/mol. The molecule has 0 saturated heterocycles. The Morgan fingerprint density at radius 2 is 1.29 bits per heavy atom. The summed E-state index contributed by atoms with van der Waals surface area (Å²) >= 11 is 0. The number of hydrogen-bond acceptors (Lipinski definition) is 8. The van der Waals surface area contributed by atoms with Crippen molar-refractivity contribution in [3.63, 3.8) is 0 Å². The molecule has 38 heavy (non-hydrogen) atoms. The van der Waals surface area contributed by atoms with Gasteiger partial charge in [0.2, 0.25) is 5.91 Å². The number of aliphatic hydroxyl groups excluding tert-OH is 2. The van der Waals surface area contributed by atoms with Crippen LogP contribution in [-0.2, 0) is 41.6 Å². The molecule has 11 heteroatoms. The number of carboxylic acids is 1. The third-order valence-electron chi connectivity index (χ3n) is 5.72. The predicted molar refractivity (Wildman–Crippen MR) is 134 cm³/mol. The van der Waals surface area contributed by atoms with Gasteiger partial charge in [-0.1, -0.05) is 60.7 Å². The van der Waals surface area contributed by atoms with E-state index in [1.165, 1.54) is 0 Å². The number of benzene rings is 2. The van der Waals surface area contributed by atoms with Crippen LogP contribution in [0.2, 0.25) is 0 Å². The Morgan fingerprint density at radius 1 is 0.737 bits per heavy atom. The van der Waals surface area contributed by atoms with Crippen molar-refractivity contribution in [2.24, 2.45) is 5.92 Å². The highest BCUT2D eigenvalue weighted by atomic mass is 16.4. The molecule has 5 atom stereocenters. The highest BCUT2D eigenvalue weighted by Gasteiger charge is 2.34. The van der Waals surface area contributed by atoms with E-state index in [0.717, 1.165) is 11.1 Å². The van der Waals surface area contributed by atoms with Crippen molar-refractivity contribution < 1.29 is 44.1 Å². The number of nitrogens with one attached hydrogen (secondary N) is 2. The number of Topliss-reactive ketones (excluding diaryl/α,β-unsaturated/α-hetero) is 1. The van der Waals surface area contributed by atoms with E-state index < -0.39 is 60.2 Å². The number of carbonyl (C=O) groups is 6. The van der Waals surface area contributed by atoms with Gasteiger partial charge in [-0.05, 0) is 24.0 Å². The molecule has 0 saturated carbocycles. The lowest BCUT2D eigenvalue weighted by Crippen LogP contribution is -2.52. The summed E-state index contributed by atoms with van der Waals surface area (Å²) in [5, 5.41) is 32.7. The number of aliphatic hydroxyl groups is 2. The number of amides is 2. The summed E-state index contributed by atoms with van der Waals surface area (Å²) in [4.78, 5) is 72.2. The second-order valence-electron chi connectivity index (χ2n) is 8.75. The Kier molecular flexibility index (Phi) is 11.9. The van der Waals surface area contributed by atoms with Gasteiger partial charge in [0.05, 0.1) is 18.5 Å². The minimum absolute atomic E-state index is 0.175. The molecule has 0 aliphatic rings. The average Bonchev–Trinajstić information content (AvgIpc) is 2.91. The van der Waals surface area contributed by atoms with Gasteiger partial charge in [-0.15, -0.1) is 0 Å². The molecule has 11 nitrogen and oxygen atoms in total. The lowest BCUT2D eigenvalue weighted by atomic mass is 9.92. The molecule has 2 aromatic carbocycles. The minimum atomic E-state index is -2.47. The van der Waals surface area contributed by atoms with E-state index in [9.17, 15) is 39.0 Å². The molecule has 5 unspecified atom stereocenters. The molecule has 2 aromatic rings. The molecule has 0 aromatic heterocycles. The second-order valence-corrected chi connectivity index (χ2v) is 8.75. The number of carbonyl (C=O) groups excluding carboxylic acids is 5. The molecule has 0 fully saturated rings. The van der Waals surface area contributed by atoms with Crippen molar-refractivity contribution >= 4 is 36.1 Å². The van der Waals surface area contributed by atoms with Crippen LogP contribution in [-0.4, -0.2) is 75.8 Å². The van der Waals surface area contributed by atoms with Crippen molar-refractivity contribution in [2.75, 3.05) is 0 Å². The van der Waals surface area contributed by atoms with E-state index in [1.54, 1.807) is 60.7 Å². The van der Waals surface area contributed by atoms with E-state index in [4.69, 9.17) is 5.11 Å². The van der Waals surface area contributed by atoms with Crippen LogP contribution in [0.4, 0.5) is 0 Å². The fraction of sp³-hybridized carbons (Fsp3) is 0.333. The van der Waals surface area contributed by atoms with Gasteiger partial charge in [-0.25, -0.2) is 4.79 Å². The third kappa shape index (κ3) is 9.68. The molecule has 202 valence electrons. The molecular formula is C27H30N2O9. The Hall–Kier alpha value is -4.22. The van der Waals surface area contributed by atoms with Gasteiger partial charge >= 0.3 is 5.97 Å². The van der Waals surface area contributed by atoms with E-state index >= 15 is 0 Å². The van der Waals surface area contributed by atoms with E-state index in [-0.39, 0.29) is 19.3 Å². The van der Waals surface area contributed by atoms with Gasteiger partial charge in [0.15, 0.2) is 18.0 Å². The maximum absolute atomic E-state index is 13.1. The van der Waals surface area contributed by atoms with Crippen LogP contribution in [0.25, 0.3) is 0 Å². The summed E-state index contributed by atoms with van der Waals surface area (Å²) in [5.41, 5.74) is 1.55. The van der Waals surface area contributed by atoms with Crippen molar-refractivity contribution in [1.29, 1.82) is 0 Å². The molecule has 0 spiro atoms. The lowest BCUT2D eigenvalue weighted by Gasteiger charge is -2.22. The van der Waals surface area contributed by atoms with Gasteiger partial charge < -0.3 is 35.5 Å². The smallest absolute Gasteiger partial charge is 0.335 e. The highest BCUT2D eigenvalue weighted by Crippen LogP contribution is 2.14. The molecule has 5 N–H and O–H groups in total. The summed E-state index contributed by atoms with van der Waals surface area (Å²) in [6.07, 6.45) is -4.41. The van der Waals surface area contributed by atoms with Gasteiger partial charge in [0.1, 0.15) is 12.6 Å². The largest absolute Gasteiger partial charge is 0.479 e. The lowest BCUT2D eigenvalue weighted by molar-refractivity contribution is -0.158. The van der Waals surface area contributed by atoms with Crippen molar-refractivity contribution in [1.82, 2.24) is 10.6 Å². The molecule has 0 radical (unpaired) electrons. The number of aliphatic carboxylic acids is 1. The maximum Gasteiger partial charge on any atom is 0.335 e. The first-order valence-corrected chi connectivity index (χ1v) is 11.8. The molecule has 2 rings (SSSR count). The van der Waals surface area contributed by atoms with Gasteiger partial charge in [0.25, 0.3) is 5.91 Å². The Bertz CT molecular complexity index is 1110. The van der Waals surface area contributed by atoms with Crippen LogP contribution in [0.1, 0.15) is 24.0 Å². The first-order chi connectivity index (χ1) is 18.1. The maximum atomic E-state index is 13.1. The fourth-order valence-electron chi connectivity index (χ4n) is 3.72. The second kappa shape index (κ2) is 15.1. The van der Waals surface area contributed by atoms with Crippen molar-refractivity contribution in [3.05, 3.63) is 71.8 Å². The van der Waals surface area contributed by atoms with Crippen LogP contribution in [0.3, 0.4) is 0 Å². The quantitative estimate of drug-likeness (QED) is 0.182. The SMILES string of the molecule is O=CC(CC(=O)C(CC(=O)NC(C=O)Cc1ccccc1)NC(=O)C(O)C(O)C(=O)O)Cc1ccccc1. The Labute approximate surface area is 218 Å². The number of carboxylic acid groups (broad SMARTS) is 1. The van der Waals surface area contributed by atoms with Crippen LogP contribution >= 0.6 is 0 Å². The standard InChI is InChI=1S/C27H30N2O9/c30-15-19(11-17-7-3-1-4-8-17)13-22(32)21(29-26(36)24(34)25(35)27(37)38)14-23(33)28-20(16-31)12-18-9-5-2-6-10-18/h1-10,15-16,19-21,24-25,34-35H,11-14H2,(H,28,33)(H,29,36)(H,37,38). The summed E-state index contributed by atoms with van der Waals surface area (Å²) in [5.74, 6) is -5.57. The fourth-order valence-corrected chi connectivity index (χ4v) is 3.72. The van der Waals surface area contributed by atoms with Gasteiger partial charge in [-0.2, -0.15) is 0 Å². The number of aldehydes is 2. The zero-order chi connectivity index (χ0) is 28.1. The van der Waals surface area contributed by atoms with Crippen LogP contribution in [0.5, 0.6) is 0 Å². The van der Waals surface area contributed by atoms with E-state index in [2.05, 4.69) is 10.6 Å². The first-order valence-electron chi connectivity index (χ1n) is 11.8. The minimum Gasteiger partial charge on any atom is -0.479 e. The zero-order valence-corrected chi connectivity index (χ0v) is 20.4. The van der Waals surface area contributed by atoms with Crippen LogP contribution in [0.15, 0.2) is 60.7 Å². The molecule has 2 amide bonds. The van der Waals surface area contributed by atoms with E-state index in [1.807, 2.05) is 0 Å². The van der Waals surface area contributed by atoms with Gasteiger partial charge in [0, 0.05) is 12.3 Å². The van der Waals surface area contributed by atoms with Crippen LogP contribution in [0, 0.1) is 5.92 Å².